The van der Waals surface area contributed by atoms with Crippen LogP contribution in [0.5, 0.6) is 11.5 Å². The third-order valence-corrected chi connectivity index (χ3v) is 4.56. The zero-order chi connectivity index (χ0) is 19.3. The van der Waals surface area contributed by atoms with Gasteiger partial charge in [-0.3, -0.25) is 4.79 Å². The molecular weight excluding hydrogens is 382 g/mol. The van der Waals surface area contributed by atoms with Gasteiger partial charge >= 0.3 is 5.97 Å². The maximum absolute atomic E-state index is 13.3. The molecule has 0 aliphatic heterocycles. The summed E-state index contributed by atoms with van der Waals surface area (Å²) in [7, 11) is 0. The quantitative estimate of drug-likeness (QED) is 0.356. The Bertz CT molecular complexity index is 797. The van der Waals surface area contributed by atoms with E-state index in [1.807, 2.05) is 6.07 Å². The molecule has 0 N–H and O–H groups in total. The van der Waals surface area contributed by atoms with E-state index in [1.54, 1.807) is 26.0 Å². The minimum atomic E-state index is -2.70. The van der Waals surface area contributed by atoms with Gasteiger partial charge in [0.2, 0.25) is 0 Å². The number of alkyl halides is 2. The Morgan fingerprint density at radius 1 is 1.27 bits per heavy atom. The Balaban J connectivity index is 2.35. The zero-order valence-electron chi connectivity index (χ0n) is 14.4. The van der Waals surface area contributed by atoms with Crippen molar-refractivity contribution < 1.29 is 23.0 Å². The van der Waals surface area contributed by atoms with Gasteiger partial charge in [-0.25, -0.2) is 8.78 Å². The van der Waals surface area contributed by atoms with Gasteiger partial charge in [0.15, 0.2) is 0 Å². The predicted octanol–water partition coefficient (Wildman–Crippen LogP) is 5.91. The van der Waals surface area contributed by atoms with Crippen LogP contribution in [0.25, 0.3) is 0 Å². The minimum Gasteiger partial charge on any atom is -0.488 e. The highest BCUT2D eigenvalue weighted by Gasteiger charge is 2.18. The van der Waals surface area contributed by atoms with E-state index in [0.29, 0.717) is 27.7 Å². The number of carbonyl (C=O) groups is 1. The molecule has 0 saturated carbocycles. The highest BCUT2D eigenvalue weighted by atomic mass is 35.5. The molecule has 0 aliphatic rings. The van der Waals surface area contributed by atoms with Gasteiger partial charge in [-0.1, -0.05) is 30.7 Å². The maximum atomic E-state index is 13.3. The molecule has 0 heterocycles. The molecule has 0 spiro atoms. The Labute approximate surface area is 161 Å². The summed E-state index contributed by atoms with van der Waals surface area (Å²) >= 11 is 10.3. The lowest BCUT2D eigenvalue weighted by Gasteiger charge is -2.17. The van der Waals surface area contributed by atoms with Gasteiger partial charge in [0.1, 0.15) is 18.1 Å². The number of hydrogen-bond donors (Lipinski definition) is 1. The van der Waals surface area contributed by atoms with Crippen LogP contribution in [0, 0.1) is 6.92 Å². The molecule has 0 atom stereocenters. The minimum absolute atomic E-state index is 0.00247. The summed E-state index contributed by atoms with van der Waals surface area (Å²) in [5.74, 6) is 0.318. The summed E-state index contributed by atoms with van der Waals surface area (Å²) in [5, 5.41) is 0.338. The lowest BCUT2D eigenvalue weighted by Crippen LogP contribution is -2.10. The molecule has 0 amide bonds. The summed E-state index contributed by atoms with van der Waals surface area (Å²) in [4.78, 5) is 11.6. The summed E-state index contributed by atoms with van der Waals surface area (Å²) < 4.78 is 37.6. The van der Waals surface area contributed by atoms with E-state index in [0.717, 1.165) is 5.56 Å². The van der Waals surface area contributed by atoms with Crippen molar-refractivity contribution in [3.63, 3.8) is 0 Å². The monoisotopic (exact) mass is 400 g/mol. The van der Waals surface area contributed by atoms with Crippen molar-refractivity contribution in [2.75, 3.05) is 0 Å². The van der Waals surface area contributed by atoms with Gasteiger partial charge < -0.3 is 9.47 Å². The van der Waals surface area contributed by atoms with Gasteiger partial charge in [-0.15, -0.1) is 0 Å². The van der Waals surface area contributed by atoms with Crippen LogP contribution in [0.1, 0.15) is 42.0 Å². The third kappa shape index (κ3) is 4.89. The highest BCUT2D eigenvalue weighted by molar-refractivity contribution is 7.79. The van der Waals surface area contributed by atoms with Crippen LogP contribution >= 0.6 is 24.2 Å². The molecule has 26 heavy (non-hydrogen) atoms. The van der Waals surface area contributed by atoms with Crippen LogP contribution in [-0.2, 0) is 17.2 Å². The van der Waals surface area contributed by atoms with Gasteiger partial charge in [-0.05, 0) is 36.2 Å². The van der Waals surface area contributed by atoms with Crippen molar-refractivity contribution in [2.24, 2.45) is 0 Å². The lowest BCUT2D eigenvalue weighted by molar-refractivity contribution is -0.134. The summed E-state index contributed by atoms with van der Waals surface area (Å²) in [5.41, 5.74) is 1.68. The first kappa shape index (κ1) is 20.5. The van der Waals surface area contributed by atoms with E-state index in [-0.39, 0.29) is 24.3 Å². The fourth-order valence-electron chi connectivity index (χ4n) is 2.34. The zero-order valence-corrected chi connectivity index (χ0v) is 16.0. The number of thiol groups is 1. The third-order valence-electron chi connectivity index (χ3n) is 3.81. The molecule has 2 aromatic rings. The van der Waals surface area contributed by atoms with E-state index >= 15 is 0 Å². The number of carbonyl (C=O) groups excluding carboxylic acids is 1. The van der Waals surface area contributed by atoms with Gasteiger partial charge in [0, 0.05) is 22.8 Å². The number of ether oxygens (including phenoxy) is 2. The Hall–Kier alpha value is -1.79. The summed E-state index contributed by atoms with van der Waals surface area (Å²) in [6.07, 6.45) is -2.48. The Morgan fingerprint density at radius 2 is 2.00 bits per heavy atom. The number of benzene rings is 2. The van der Waals surface area contributed by atoms with Gasteiger partial charge in [-0.2, -0.15) is 12.6 Å². The molecule has 0 radical (unpaired) electrons. The lowest BCUT2D eigenvalue weighted by atomic mass is 10.1. The predicted molar refractivity (Wildman–Crippen MR) is 101 cm³/mol. The molecule has 140 valence electrons. The molecule has 0 aliphatic carbocycles. The Morgan fingerprint density at radius 3 is 2.62 bits per heavy atom. The van der Waals surface area contributed by atoms with Crippen LogP contribution < -0.4 is 9.47 Å². The number of halogens is 3. The Kier molecular flexibility index (Phi) is 7.29. The average molecular weight is 401 g/mol. The molecule has 0 fully saturated rings. The molecule has 2 aromatic carbocycles. The van der Waals surface area contributed by atoms with E-state index in [9.17, 15) is 13.6 Å². The van der Waals surface area contributed by atoms with Crippen molar-refractivity contribution >= 4 is 30.2 Å². The standard InChI is InChI=1S/C19H19ClF2O3S/c1-3-18(23)25-16-6-4-5-12(10-26)14(16)9-24-17-8-15(20)11(2)7-13(17)19(21)22/h4-8,19,26H,3,9-10H2,1-2H3. The van der Waals surface area contributed by atoms with E-state index < -0.39 is 12.4 Å². The number of esters is 1. The first-order valence-electron chi connectivity index (χ1n) is 8.00. The van der Waals surface area contributed by atoms with E-state index in [1.165, 1.54) is 12.1 Å². The normalized spacial score (nSPS) is 10.9. The number of aryl methyl sites for hydroxylation is 1. The molecule has 0 saturated heterocycles. The van der Waals surface area contributed by atoms with Gasteiger partial charge in [0.25, 0.3) is 6.43 Å². The largest absolute Gasteiger partial charge is 0.488 e. The molecule has 3 nitrogen and oxygen atoms in total. The molecule has 2 rings (SSSR count). The second kappa shape index (κ2) is 9.24. The SMILES string of the molecule is CCC(=O)Oc1cccc(CS)c1COc1cc(Cl)c(C)cc1C(F)F. The number of hydrogen-bond acceptors (Lipinski definition) is 4. The van der Waals surface area contributed by atoms with Crippen LogP contribution in [0.4, 0.5) is 8.78 Å². The maximum Gasteiger partial charge on any atom is 0.310 e. The summed E-state index contributed by atoms with van der Waals surface area (Å²) in [6.45, 7) is 3.28. The molecular formula is C19H19ClF2O3S. The topological polar surface area (TPSA) is 35.5 Å². The molecule has 7 heteroatoms. The van der Waals surface area contributed by atoms with E-state index in [2.05, 4.69) is 12.6 Å². The van der Waals surface area contributed by atoms with E-state index in [4.69, 9.17) is 21.1 Å². The highest BCUT2D eigenvalue weighted by Crippen LogP contribution is 2.35. The van der Waals surface area contributed by atoms with Crippen LogP contribution in [-0.4, -0.2) is 5.97 Å². The number of rotatable bonds is 7. The van der Waals surface area contributed by atoms with Crippen LogP contribution in [0.15, 0.2) is 30.3 Å². The molecule has 0 bridgehead atoms. The average Bonchev–Trinajstić information content (AvgIpc) is 2.62. The molecule has 0 aromatic heterocycles. The van der Waals surface area contributed by atoms with Crippen molar-refractivity contribution in [3.8, 4) is 11.5 Å². The van der Waals surface area contributed by atoms with Crippen molar-refractivity contribution in [1.82, 2.24) is 0 Å². The van der Waals surface area contributed by atoms with Crippen molar-refractivity contribution in [1.29, 1.82) is 0 Å². The fraction of sp³-hybridized carbons (Fsp3) is 0.316. The van der Waals surface area contributed by atoms with Crippen LogP contribution in [0.3, 0.4) is 0 Å². The smallest absolute Gasteiger partial charge is 0.310 e. The second-order valence-electron chi connectivity index (χ2n) is 5.61. The molecule has 0 unspecified atom stereocenters. The second-order valence-corrected chi connectivity index (χ2v) is 6.33. The van der Waals surface area contributed by atoms with Crippen molar-refractivity contribution in [2.45, 2.75) is 39.1 Å². The summed E-state index contributed by atoms with van der Waals surface area (Å²) in [6, 6.07) is 7.87. The first-order valence-corrected chi connectivity index (χ1v) is 9.01. The van der Waals surface area contributed by atoms with Gasteiger partial charge in [0.05, 0.1) is 5.56 Å². The van der Waals surface area contributed by atoms with Crippen LogP contribution in [0.2, 0.25) is 5.02 Å². The fourth-order valence-corrected chi connectivity index (χ4v) is 2.79. The first-order chi connectivity index (χ1) is 12.4. The van der Waals surface area contributed by atoms with Crippen molar-refractivity contribution in [3.05, 3.63) is 57.6 Å².